The summed E-state index contributed by atoms with van der Waals surface area (Å²) in [4.78, 5) is 2.22. The Morgan fingerprint density at radius 1 is 1.25 bits per heavy atom. The van der Waals surface area contributed by atoms with E-state index in [-0.39, 0.29) is 11.9 Å². The molecule has 2 N–H and O–H groups in total. The van der Waals surface area contributed by atoms with Crippen molar-refractivity contribution in [1.82, 2.24) is 0 Å². The van der Waals surface area contributed by atoms with Crippen molar-refractivity contribution < 1.29 is 4.39 Å². The van der Waals surface area contributed by atoms with Crippen LogP contribution in [0, 0.1) is 11.7 Å². The number of nitrogens with zero attached hydrogens (tertiary/aromatic N) is 1. The molecule has 0 aliphatic rings. The third kappa shape index (κ3) is 3.49. The Morgan fingerprint density at radius 2 is 1.81 bits per heavy atom. The molecule has 0 aliphatic heterocycles. The summed E-state index contributed by atoms with van der Waals surface area (Å²) in [7, 11) is 0. The lowest BCUT2D eigenvalue weighted by molar-refractivity contribution is 0.478. The SMILES string of the molecule is CCN(CC(C)C(C)N)c1ccc(F)cc1. The Morgan fingerprint density at radius 3 is 2.25 bits per heavy atom. The van der Waals surface area contributed by atoms with Gasteiger partial charge in [0.05, 0.1) is 0 Å². The van der Waals surface area contributed by atoms with Crippen LogP contribution < -0.4 is 10.6 Å². The largest absolute Gasteiger partial charge is 0.371 e. The minimum Gasteiger partial charge on any atom is -0.371 e. The molecule has 0 amide bonds. The Bertz CT molecular complexity index is 308. The summed E-state index contributed by atoms with van der Waals surface area (Å²) in [6.07, 6.45) is 0. The summed E-state index contributed by atoms with van der Waals surface area (Å²) in [6.45, 7) is 8.06. The number of benzene rings is 1. The molecule has 0 heterocycles. The Hall–Kier alpha value is -1.09. The van der Waals surface area contributed by atoms with Gasteiger partial charge in [-0.3, -0.25) is 0 Å². The quantitative estimate of drug-likeness (QED) is 0.833. The van der Waals surface area contributed by atoms with Crippen LogP contribution in [0.1, 0.15) is 20.8 Å². The molecule has 2 nitrogen and oxygen atoms in total. The average molecular weight is 224 g/mol. The van der Waals surface area contributed by atoms with Crippen LogP contribution in [0.3, 0.4) is 0 Å². The first kappa shape index (κ1) is 13.0. The zero-order valence-corrected chi connectivity index (χ0v) is 10.3. The van der Waals surface area contributed by atoms with Crippen LogP contribution >= 0.6 is 0 Å². The van der Waals surface area contributed by atoms with E-state index in [2.05, 4.69) is 18.7 Å². The predicted molar refractivity (Wildman–Crippen MR) is 67.1 cm³/mol. The van der Waals surface area contributed by atoms with E-state index in [1.165, 1.54) is 12.1 Å². The summed E-state index contributed by atoms with van der Waals surface area (Å²) in [6, 6.07) is 6.79. The summed E-state index contributed by atoms with van der Waals surface area (Å²) >= 11 is 0. The van der Waals surface area contributed by atoms with Gasteiger partial charge in [0.1, 0.15) is 5.82 Å². The highest BCUT2D eigenvalue weighted by atomic mass is 19.1. The standard InChI is InChI=1S/C13H21FN2/c1-4-16(9-10(2)11(3)15)13-7-5-12(14)6-8-13/h5-8,10-11H,4,9,15H2,1-3H3. The number of nitrogens with two attached hydrogens (primary N) is 1. The van der Waals surface area contributed by atoms with Gasteiger partial charge in [0, 0.05) is 24.8 Å². The van der Waals surface area contributed by atoms with Gasteiger partial charge in [0.25, 0.3) is 0 Å². The molecule has 90 valence electrons. The molecular weight excluding hydrogens is 203 g/mol. The van der Waals surface area contributed by atoms with E-state index in [4.69, 9.17) is 5.73 Å². The van der Waals surface area contributed by atoms with Gasteiger partial charge in [-0.1, -0.05) is 6.92 Å². The smallest absolute Gasteiger partial charge is 0.123 e. The molecule has 0 saturated heterocycles. The number of hydrogen-bond acceptors (Lipinski definition) is 2. The average Bonchev–Trinajstić information content (AvgIpc) is 2.26. The second kappa shape index (κ2) is 5.85. The van der Waals surface area contributed by atoms with Gasteiger partial charge in [0.15, 0.2) is 0 Å². The molecule has 0 aliphatic carbocycles. The fourth-order valence-corrected chi connectivity index (χ4v) is 1.58. The topological polar surface area (TPSA) is 29.3 Å². The molecule has 3 heteroatoms. The van der Waals surface area contributed by atoms with Gasteiger partial charge in [0.2, 0.25) is 0 Å². The van der Waals surface area contributed by atoms with Gasteiger partial charge in [-0.05, 0) is 44.0 Å². The van der Waals surface area contributed by atoms with Crippen LogP contribution in [0.15, 0.2) is 24.3 Å². The minimum absolute atomic E-state index is 0.175. The molecule has 0 spiro atoms. The second-order valence-corrected chi connectivity index (χ2v) is 4.35. The van der Waals surface area contributed by atoms with Crippen molar-refractivity contribution >= 4 is 5.69 Å². The van der Waals surface area contributed by atoms with E-state index in [1.807, 2.05) is 19.1 Å². The number of hydrogen-bond donors (Lipinski definition) is 1. The van der Waals surface area contributed by atoms with Gasteiger partial charge >= 0.3 is 0 Å². The van der Waals surface area contributed by atoms with Crippen LogP contribution in [0.25, 0.3) is 0 Å². The fraction of sp³-hybridized carbons (Fsp3) is 0.538. The molecule has 0 fully saturated rings. The first-order valence-corrected chi connectivity index (χ1v) is 5.80. The van der Waals surface area contributed by atoms with Crippen LogP contribution in [-0.2, 0) is 0 Å². The molecular formula is C13H21FN2. The number of halogens is 1. The van der Waals surface area contributed by atoms with Gasteiger partial charge in [-0.15, -0.1) is 0 Å². The lowest BCUT2D eigenvalue weighted by Gasteiger charge is -2.28. The first-order chi connectivity index (χ1) is 7.54. The highest BCUT2D eigenvalue weighted by Crippen LogP contribution is 2.16. The molecule has 2 unspecified atom stereocenters. The molecule has 2 atom stereocenters. The Balaban J connectivity index is 2.70. The van der Waals surface area contributed by atoms with Crippen LogP contribution in [0.4, 0.5) is 10.1 Å². The third-order valence-electron chi connectivity index (χ3n) is 2.98. The first-order valence-electron chi connectivity index (χ1n) is 5.80. The summed E-state index contributed by atoms with van der Waals surface area (Å²) in [5, 5.41) is 0. The maximum absolute atomic E-state index is 12.8. The van der Waals surface area contributed by atoms with Crippen molar-refractivity contribution in [1.29, 1.82) is 0 Å². The maximum Gasteiger partial charge on any atom is 0.123 e. The van der Waals surface area contributed by atoms with Crippen molar-refractivity contribution in [3.8, 4) is 0 Å². The molecule has 0 saturated carbocycles. The van der Waals surface area contributed by atoms with E-state index in [0.717, 1.165) is 18.8 Å². The van der Waals surface area contributed by atoms with Crippen molar-refractivity contribution in [2.45, 2.75) is 26.8 Å². The minimum atomic E-state index is -0.194. The molecule has 0 bridgehead atoms. The van der Waals surface area contributed by atoms with Crippen LogP contribution in [0.2, 0.25) is 0 Å². The molecule has 0 aromatic heterocycles. The lowest BCUT2D eigenvalue weighted by Crippen LogP contribution is -2.36. The molecule has 1 aromatic rings. The van der Waals surface area contributed by atoms with E-state index in [0.29, 0.717) is 5.92 Å². The highest BCUT2D eigenvalue weighted by molar-refractivity contribution is 5.46. The molecule has 0 radical (unpaired) electrons. The summed E-state index contributed by atoms with van der Waals surface area (Å²) in [5.74, 6) is 0.227. The normalized spacial score (nSPS) is 14.6. The van der Waals surface area contributed by atoms with Gasteiger partial charge < -0.3 is 10.6 Å². The predicted octanol–water partition coefficient (Wildman–Crippen LogP) is 2.64. The number of rotatable bonds is 5. The monoisotopic (exact) mass is 224 g/mol. The maximum atomic E-state index is 12.8. The lowest BCUT2D eigenvalue weighted by atomic mass is 10.0. The van der Waals surface area contributed by atoms with E-state index in [9.17, 15) is 4.39 Å². The van der Waals surface area contributed by atoms with Crippen molar-refractivity contribution in [3.63, 3.8) is 0 Å². The van der Waals surface area contributed by atoms with Crippen molar-refractivity contribution in [2.24, 2.45) is 11.7 Å². The Labute approximate surface area is 97.3 Å². The summed E-state index contributed by atoms with van der Waals surface area (Å²) < 4.78 is 12.8. The third-order valence-corrected chi connectivity index (χ3v) is 2.98. The highest BCUT2D eigenvalue weighted by Gasteiger charge is 2.12. The fourth-order valence-electron chi connectivity index (χ4n) is 1.58. The van der Waals surface area contributed by atoms with Gasteiger partial charge in [-0.25, -0.2) is 4.39 Å². The van der Waals surface area contributed by atoms with E-state index in [1.54, 1.807) is 0 Å². The van der Waals surface area contributed by atoms with Gasteiger partial charge in [-0.2, -0.15) is 0 Å². The van der Waals surface area contributed by atoms with Crippen LogP contribution in [0.5, 0.6) is 0 Å². The summed E-state index contributed by atoms with van der Waals surface area (Å²) in [5.41, 5.74) is 6.91. The molecule has 1 rings (SSSR count). The molecule has 1 aromatic carbocycles. The van der Waals surface area contributed by atoms with Crippen molar-refractivity contribution in [3.05, 3.63) is 30.1 Å². The zero-order valence-electron chi connectivity index (χ0n) is 10.3. The van der Waals surface area contributed by atoms with E-state index >= 15 is 0 Å². The second-order valence-electron chi connectivity index (χ2n) is 4.35. The number of anilines is 1. The zero-order chi connectivity index (χ0) is 12.1. The van der Waals surface area contributed by atoms with E-state index < -0.39 is 0 Å². The van der Waals surface area contributed by atoms with Crippen LogP contribution in [-0.4, -0.2) is 19.1 Å². The van der Waals surface area contributed by atoms with Crippen molar-refractivity contribution in [2.75, 3.05) is 18.0 Å². The Kier molecular flexibility index (Phi) is 4.74. The molecule has 16 heavy (non-hydrogen) atoms.